The molecular weight excluding hydrogens is 630 g/mol. The molecule has 0 aromatic heterocycles. The van der Waals surface area contributed by atoms with Crippen LogP contribution in [-0.4, -0.2) is 18.0 Å². The molecule has 1 aliphatic heterocycles. The molecule has 0 aliphatic carbocycles. The molecule has 1 atom stereocenters. The van der Waals surface area contributed by atoms with Gasteiger partial charge in [0.15, 0.2) is 17.0 Å². The van der Waals surface area contributed by atoms with Gasteiger partial charge in [0, 0.05) is 21.3 Å². The molecule has 0 unspecified atom stereocenters. The van der Waals surface area contributed by atoms with Crippen molar-refractivity contribution in [2.75, 3.05) is 11.9 Å². The first-order valence-electron chi connectivity index (χ1n) is 11.4. The minimum Gasteiger partial charge on any atom is -0.490 e. The van der Waals surface area contributed by atoms with Crippen LogP contribution in [0.3, 0.4) is 0 Å². The fourth-order valence-electron chi connectivity index (χ4n) is 3.57. The van der Waals surface area contributed by atoms with Crippen LogP contribution in [-0.2, 0) is 17.8 Å². The molecule has 188 valence electrons. The number of nitrogens with one attached hydrogen (secondary N) is 2. The highest BCUT2D eigenvalue weighted by Gasteiger charge is 2.27. The number of halogens is 3. The Bertz CT molecular complexity index is 1280. The fraction of sp³-hybridized carbons (Fsp3) is 0.222. The molecule has 1 fully saturated rings. The summed E-state index contributed by atoms with van der Waals surface area (Å²) in [5.41, 5.74) is 3.67. The number of aryl methyl sites for hydroxylation is 1. The summed E-state index contributed by atoms with van der Waals surface area (Å²) in [6, 6.07) is 17.4. The predicted octanol–water partition coefficient (Wildman–Crippen LogP) is 7.74. The molecule has 3 aromatic rings. The summed E-state index contributed by atoms with van der Waals surface area (Å²) in [5.74, 6) is 1.12. The van der Waals surface area contributed by atoms with Crippen LogP contribution >= 0.6 is 57.6 Å². The first kappa shape index (κ1) is 27.0. The van der Waals surface area contributed by atoms with Gasteiger partial charge >= 0.3 is 0 Å². The number of hydrogen-bond acceptors (Lipinski definition) is 5. The Balaban J connectivity index is 1.50. The summed E-state index contributed by atoms with van der Waals surface area (Å²) in [6.45, 7) is 4.80. The van der Waals surface area contributed by atoms with Crippen LogP contribution < -0.4 is 20.1 Å². The maximum Gasteiger partial charge on any atom is 0.260 e. The van der Waals surface area contributed by atoms with Gasteiger partial charge in [-0.15, -0.1) is 0 Å². The first-order valence-corrected chi connectivity index (χ1v) is 14.2. The van der Waals surface area contributed by atoms with Gasteiger partial charge in [0.25, 0.3) is 5.91 Å². The van der Waals surface area contributed by atoms with E-state index in [0.717, 1.165) is 26.8 Å². The molecule has 0 radical (unpaired) electrons. The number of benzene rings is 3. The molecule has 1 heterocycles. The highest BCUT2D eigenvalue weighted by molar-refractivity contribution is 14.1. The summed E-state index contributed by atoms with van der Waals surface area (Å²) >= 11 is 16.0. The van der Waals surface area contributed by atoms with Crippen molar-refractivity contribution < 1.29 is 14.3 Å². The monoisotopic (exact) mass is 654 g/mol. The quantitative estimate of drug-likeness (QED) is 0.183. The van der Waals surface area contributed by atoms with E-state index in [2.05, 4.69) is 52.3 Å². The number of hydrogen-bond donors (Lipinski definition) is 2. The standard InChI is InChI=1S/C27H25Cl2IN2O3S/c1-3-16-5-9-20(10-6-16)31-27-32-26(33)24(36-27)13-17-11-22(30)25(23(12-17)34-4-2)35-15-18-7-8-19(28)14-21(18)29/h5-14,27,31H,3-4,15H2,1-2H3,(H,32,33)/b24-13-/t27-/m1/s1. The van der Waals surface area contributed by atoms with Crippen LogP contribution in [0.4, 0.5) is 5.69 Å². The van der Waals surface area contributed by atoms with Gasteiger partial charge in [-0.3, -0.25) is 4.79 Å². The Kier molecular flexibility index (Phi) is 9.33. The Morgan fingerprint density at radius 1 is 1.08 bits per heavy atom. The Morgan fingerprint density at radius 3 is 2.56 bits per heavy atom. The number of ether oxygens (including phenoxy) is 2. The van der Waals surface area contributed by atoms with Gasteiger partial charge in [-0.2, -0.15) is 0 Å². The van der Waals surface area contributed by atoms with Crippen LogP contribution in [0.25, 0.3) is 6.08 Å². The van der Waals surface area contributed by atoms with E-state index in [1.807, 2.05) is 43.3 Å². The average Bonchev–Trinajstić information content (AvgIpc) is 3.18. The number of rotatable bonds is 9. The van der Waals surface area contributed by atoms with E-state index < -0.39 is 0 Å². The molecule has 0 bridgehead atoms. The lowest BCUT2D eigenvalue weighted by Gasteiger charge is -2.15. The van der Waals surface area contributed by atoms with Gasteiger partial charge < -0.3 is 20.1 Å². The van der Waals surface area contributed by atoms with Crippen LogP contribution in [0.1, 0.15) is 30.5 Å². The van der Waals surface area contributed by atoms with Crippen molar-refractivity contribution in [2.45, 2.75) is 32.4 Å². The second kappa shape index (κ2) is 12.4. The van der Waals surface area contributed by atoms with E-state index in [0.29, 0.717) is 33.1 Å². The molecule has 1 aliphatic rings. The third-order valence-corrected chi connectivity index (χ3v) is 7.82. The summed E-state index contributed by atoms with van der Waals surface area (Å²) in [4.78, 5) is 13.3. The maximum absolute atomic E-state index is 12.6. The van der Waals surface area contributed by atoms with Crippen molar-refractivity contribution in [3.8, 4) is 11.5 Å². The Hall–Kier alpha value is -2.07. The summed E-state index contributed by atoms with van der Waals surface area (Å²) in [6.07, 6.45) is 2.86. The summed E-state index contributed by atoms with van der Waals surface area (Å²) < 4.78 is 12.8. The van der Waals surface area contributed by atoms with Crippen molar-refractivity contribution in [1.82, 2.24) is 5.32 Å². The molecular formula is C27H25Cl2IN2O3S. The van der Waals surface area contributed by atoms with Gasteiger partial charge in [-0.05, 0) is 89.5 Å². The predicted molar refractivity (Wildman–Crippen MR) is 158 cm³/mol. The van der Waals surface area contributed by atoms with Crippen molar-refractivity contribution in [2.24, 2.45) is 0 Å². The van der Waals surface area contributed by atoms with Crippen LogP contribution in [0, 0.1) is 3.57 Å². The number of anilines is 1. The summed E-state index contributed by atoms with van der Waals surface area (Å²) in [7, 11) is 0. The molecule has 3 aromatic carbocycles. The van der Waals surface area contributed by atoms with Gasteiger partial charge in [0.2, 0.25) is 0 Å². The van der Waals surface area contributed by atoms with E-state index in [-0.39, 0.29) is 18.0 Å². The minimum atomic E-state index is -0.242. The zero-order valence-corrected chi connectivity index (χ0v) is 24.2. The van der Waals surface area contributed by atoms with Crippen LogP contribution in [0.15, 0.2) is 59.5 Å². The molecule has 1 saturated heterocycles. The SMILES string of the molecule is CCOc1cc(/C=C2\S[C@H](Nc3ccc(CC)cc3)NC2=O)cc(I)c1OCc1ccc(Cl)cc1Cl. The van der Waals surface area contributed by atoms with Gasteiger partial charge in [-0.25, -0.2) is 0 Å². The number of carbonyl (C=O) groups is 1. The molecule has 9 heteroatoms. The van der Waals surface area contributed by atoms with Crippen molar-refractivity contribution in [3.63, 3.8) is 0 Å². The van der Waals surface area contributed by atoms with E-state index in [1.165, 1.54) is 17.3 Å². The van der Waals surface area contributed by atoms with E-state index in [1.54, 1.807) is 12.1 Å². The molecule has 0 saturated carbocycles. The number of carbonyl (C=O) groups excluding carboxylic acids is 1. The average molecular weight is 655 g/mol. The van der Waals surface area contributed by atoms with Gasteiger partial charge in [0.05, 0.1) is 15.1 Å². The van der Waals surface area contributed by atoms with Gasteiger partial charge in [-0.1, -0.05) is 60.1 Å². The molecule has 1 amide bonds. The second-order valence-electron chi connectivity index (χ2n) is 7.96. The molecule has 5 nitrogen and oxygen atoms in total. The normalized spacial score (nSPS) is 16.2. The maximum atomic E-state index is 12.6. The zero-order valence-electron chi connectivity index (χ0n) is 19.7. The van der Waals surface area contributed by atoms with Crippen molar-refractivity contribution >= 4 is 75.2 Å². The molecule has 36 heavy (non-hydrogen) atoms. The lowest BCUT2D eigenvalue weighted by atomic mass is 10.1. The van der Waals surface area contributed by atoms with Crippen LogP contribution in [0.5, 0.6) is 11.5 Å². The topological polar surface area (TPSA) is 59.6 Å². The van der Waals surface area contributed by atoms with Crippen LogP contribution in [0.2, 0.25) is 10.0 Å². The first-order chi connectivity index (χ1) is 17.4. The number of thioether (sulfide) groups is 1. The highest BCUT2D eigenvalue weighted by atomic mass is 127. The largest absolute Gasteiger partial charge is 0.490 e. The zero-order chi connectivity index (χ0) is 25.7. The minimum absolute atomic E-state index is 0.117. The van der Waals surface area contributed by atoms with Gasteiger partial charge in [0.1, 0.15) is 6.61 Å². The highest BCUT2D eigenvalue weighted by Crippen LogP contribution is 2.37. The van der Waals surface area contributed by atoms with E-state index >= 15 is 0 Å². The molecule has 4 rings (SSSR count). The van der Waals surface area contributed by atoms with E-state index in [4.69, 9.17) is 32.7 Å². The fourth-order valence-corrected chi connectivity index (χ4v) is 5.80. The second-order valence-corrected chi connectivity index (χ2v) is 11.1. The molecule has 2 N–H and O–H groups in total. The van der Waals surface area contributed by atoms with Crippen molar-refractivity contribution in [3.05, 3.63) is 89.8 Å². The lowest BCUT2D eigenvalue weighted by Crippen LogP contribution is -2.30. The third kappa shape index (κ3) is 6.82. The Labute approximate surface area is 239 Å². The number of amides is 1. The third-order valence-electron chi connectivity index (χ3n) is 5.41. The summed E-state index contributed by atoms with van der Waals surface area (Å²) in [5, 5.41) is 7.46. The Morgan fingerprint density at radius 2 is 1.86 bits per heavy atom. The lowest BCUT2D eigenvalue weighted by molar-refractivity contribution is -0.116. The van der Waals surface area contributed by atoms with E-state index in [9.17, 15) is 4.79 Å². The van der Waals surface area contributed by atoms with Crippen molar-refractivity contribution in [1.29, 1.82) is 0 Å². The smallest absolute Gasteiger partial charge is 0.260 e. The molecule has 0 spiro atoms.